The number of rotatable bonds is 4. The Bertz CT molecular complexity index is 467. The van der Waals surface area contributed by atoms with Crippen molar-refractivity contribution in [3.05, 3.63) is 30.3 Å². The zero-order valence-corrected chi connectivity index (χ0v) is 11.1. The van der Waals surface area contributed by atoms with E-state index < -0.39 is 0 Å². The van der Waals surface area contributed by atoms with Gasteiger partial charge in [0.2, 0.25) is 5.91 Å². The van der Waals surface area contributed by atoms with Crippen LogP contribution in [-0.4, -0.2) is 25.2 Å². The van der Waals surface area contributed by atoms with Crippen LogP contribution in [0, 0.1) is 17.2 Å². The highest BCUT2D eigenvalue weighted by Gasteiger charge is 2.31. The van der Waals surface area contributed by atoms with Crippen LogP contribution in [0.25, 0.3) is 0 Å². The van der Waals surface area contributed by atoms with Crippen molar-refractivity contribution in [3.63, 3.8) is 0 Å². The van der Waals surface area contributed by atoms with Crippen LogP contribution >= 0.6 is 0 Å². The Hall–Kier alpha value is -1.86. The molecule has 4 heteroatoms. The molecule has 1 aromatic carbocycles. The number of para-hydroxylation sites is 1. The zero-order valence-electron chi connectivity index (χ0n) is 11.1. The molecule has 1 amide bonds. The van der Waals surface area contributed by atoms with E-state index in [1.807, 2.05) is 37.3 Å². The van der Waals surface area contributed by atoms with Gasteiger partial charge in [0.05, 0.1) is 31.1 Å². The molecule has 2 rings (SSSR count). The van der Waals surface area contributed by atoms with Crippen LogP contribution < -0.4 is 4.90 Å². The molecule has 0 spiro atoms. The first-order valence-electron chi connectivity index (χ1n) is 6.57. The van der Waals surface area contributed by atoms with E-state index in [0.717, 1.165) is 12.1 Å². The standard InChI is InChI=1S/C15H18N2O2/c1-12-10-13(11-19-12)15(18)17(9-5-8-16)14-6-3-2-4-7-14/h2-4,6-7,12-13H,5,9-11H2,1H3. The van der Waals surface area contributed by atoms with Crippen molar-refractivity contribution in [1.82, 2.24) is 0 Å². The number of nitrogens with zero attached hydrogens (tertiary/aromatic N) is 2. The molecular weight excluding hydrogens is 240 g/mol. The van der Waals surface area contributed by atoms with Gasteiger partial charge in [-0.15, -0.1) is 0 Å². The summed E-state index contributed by atoms with van der Waals surface area (Å²) in [6.07, 6.45) is 1.24. The van der Waals surface area contributed by atoms with Crippen LogP contribution in [0.4, 0.5) is 5.69 Å². The van der Waals surface area contributed by atoms with Gasteiger partial charge in [0.25, 0.3) is 0 Å². The van der Waals surface area contributed by atoms with Gasteiger partial charge in [0.1, 0.15) is 0 Å². The first-order valence-corrected chi connectivity index (χ1v) is 6.57. The third-order valence-corrected chi connectivity index (χ3v) is 3.33. The van der Waals surface area contributed by atoms with E-state index in [4.69, 9.17) is 10.00 Å². The molecule has 0 aromatic heterocycles. The van der Waals surface area contributed by atoms with Gasteiger partial charge in [0.15, 0.2) is 0 Å². The van der Waals surface area contributed by atoms with Crippen LogP contribution in [-0.2, 0) is 9.53 Å². The van der Waals surface area contributed by atoms with E-state index in [9.17, 15) is 4.79 Å². The van der Waals surface area contributed by atoms with E-state index in [-0.39, 0.29) is 17.9 Å². The Labute approximate surface area is 113 Å². The fraction of sp³-hybridized carbons (Fsp3) is 0.467. The lowest BCUT2D eigenvalue weighted by molar-refractivity contribution is -0.122. The summed E-state index contributed by atoms with van der Waals surface area (Å²) in [7, 11) is 0. The lowest BCUT2D eigenvalue weighted by atomic mass is 10.0. The van der Waals surface area contributed by atoms with E-state index >= 15 is 0 Å². The van der Waals surface area contributed by atoms with Crippen molar-refractivity contribution in [2.75, 3.05) is 18.1 Å². The molecule has 4 nitrogen and oxygen atoms in total. The highest BCUT2D eigenvalue weighted by Crippen LogP contribution is 2.24. The summed E-state index contributed by atoms with van der Waals surface area (Å²) in [6, 6.07) is 11.6. The van der Waals surface area contributed by atoms with E-state index in [1.165, 1.54) is 0 Å². The fourth-order valence-corrected chi connectivity index (χ4v) is 2.35. The average molecular weight is 258 g/mol. The summed E-state index contributed by atoms with van der Waals surface area (Å²) < 4.78 is 5.46. The molecule has 0 N–H and O–H groups in total. The lowest BCUT2D eigenvalue weighted by Crippen LogP contribution is -2.37. The molecule has 1 fully saturated rings. The maximum atomic E-state index is 12.5. The number of hydrogen-bond acceptors (Lipinski definition) is 3. The third-order valence-electron chi connectivity index (χ3n) is 3.33. The van der Waals surface area contributed by atoms with Crippen molar-refractivity contribution in [3.8, 4) is 6.07 Å². The smallest absolute Gasteiger partial charge is 0.232 e. The fourth-order valence-electron chi connectivity index (χ4n) is 2.35. The van der Waals surface area contributed by atoms with Gasteiger partial charge in [-0.05, 0) is 25.5 Å². The van der Waals surface area contributed by atoms with Crippen LogP contribution in [0.15, 0.2) is 30.3 Å². The molecular formula is C15H18N2O2. The quantitative estimate of drug-likeness (QED) is 0.833. The molecule has 1 saturated heterocycles. The summed E-state index contributed by atoms with van der Waals surface area (Å²) >= 11 is 0. The van der Waals surface area contributed by atoms with Gasteiger partial charge in [-0.1, -0.05) is 18.2 Å². The Morgan fingerprint density at radius 2 is 2.21 bits per heavy atom. The van der Waals surface area contributed by atoms with Gasteiger partial charge in [-0.3, -0.25) is 4.79 Å². The topological polar surface area (TPSA) is 53.3 Å². The molecule has 100 valence electrons. The Morgan fingerprint density at radius 1 is 1.47 bits per heavy atom. The summed E-state index contributed by atoms with van der Waals surface area (Å²) in [4.78, 5) is 14.2. The van der Waals surface area contributed by atoms with Crippen molar-refractivity contribution in [1.29, 1.82) is 5.26 Å². The summed E-state index contributed by atoms with van der Waals surface area (Å²) in [5, 5.41) is 8.74. The number of carbonyl (C=O) groups excluding carboxylic acids is 1. The molecule has 0 radical (unpaired) electrons. The second-order valence-corrected chi connectivity index (χ2v) is 4.81. The highest BCUT2D eigenvalue weighted by atomic mass is 16.5. The monoisotopic (exact) mass is 258 g/mol. The summed E-state index contributed by atoms with van der Waals surface area (Å²) in [6.45, 7) is 2.90. The van der Waals surface area contributed by atoms with Crippen LogP contribution in [0.5, 0.6) is 0 Å². The second-order valence-electron chi connectivity index (χ2n) is 4.81. The number of ether oxygens (including phenoxy) is 1. The minimum atomic E-state index is -0.0890. The molecule has 0 saturated carbocycles. The maximum Gasteiger partial charge on any atom is 0.232 e. The first kappa shape index (κ1) is 13.6. The van der Waals surface area contributed by atoms with Gasteiger partial charge in [0, 0.05) is 12.2 Å². The molecule has 2 unspecified atom stereocenters. The normalized spacial score (nSPS) is 21.9. The predicted octanol–water partition coefficient (Wildman–Crippen LogP) is 2.36. The third kappa shape index (κ3) is 3.33. The van der Waals surface area contributed by atoms with Gasteiger partial charge < -0.3 is 9.64 Å². The Kier molecular flexibility index (Phi) is 4.53. The Balaban J connectivity index is 2.13. The van der Waals surface area contributed by atoms with Gasteiger partial charge >= 0.3 is 0 Å². The van der Waals surface area contributed by atoms with Crippen LogP contribution in [0.3, 0.4) is 0 Å². The van der Waals surface area contributed by atoms with E-state index in [0.29, 0.717) is 19.6 Å². The molecule has 1 aliphatic heterocycles. The number of benzene rings is 1. The van der Waals surface area contributed by atoms with Gasteiger partial charge in [-0.2, -0.15) is 5.26 Å². The van der Waals surface area contributed by atoms with Crippen LogP contribution in [0.1, 0.15) is 19.8 Å². The van der Waals surface area contributed by atoms with Crippen molar-refractivity contribution < 1.29 is 9.53 Å². The number of carbonyl (C=O) groups is 1. The van der Waals surface area contributed by atoms with E-state index in [1.54, 1.807) is 4.90 Å². The molecule has 19 heavy (non-hydrogen) atoms. The van der Waals surface area contributed by atoms with E-state index in [2.05, 4.69) is 6.07 Å². The largest absolute Gasteiger partial charge is 0.378 e. The molecule has 1 heterocycles. The molecule has 2 atom stereocenters. The first-order chi connectivity index (χ1) is 9.22. The minimum Gasteiger partial charge on any atom is -0.378 e. The summed E-state index contributed by atoms with van der Waals surface area (Å²) in [5.74, 6) is -0.0281. The van der Waals surface area contributed by atoms with Crippen LogP contribution in [0.2, 0.25) is 0 Å². The average Bonchev–Trinajstić information content (AvgIpc) is 2.87. The maximum absolute atomic E-state index is 12.5. The highest BCUT2D eigenvalue weighted by molar-refractivity contribution is 5.95. The molecule has 0 aliphatic carbocycles. The number of hydrogen-bond donors (Lipinski definition) is 0. The molecule has 1 aromatic rings. The number of nitriles is 1. The van der Waals surface area contributed by atoms with Crippen molar-refractivity contribution in [2.24, 2.45) is 5.92 Å². The number of anilines is 1. The SMILES string of the molecule is CC1CC(C(=O)N(CCC#N)c2ccccc2)CO1. The second kappa shape index (κ2) is 6.35. The number of amides is 1. The summed E-state index contributed by atoms with van der Waals surface area (Å²) in [5.41, 5.74) is 0.849. The predicted molar refractivity (Wildman–Crippen MR) is 72.5 cm³/mol. The molecule has 1 aliphatic rings. The van der Waals surface area contributed by atoms with Crippen molar-refractivity contribution >= 4 is 11.6 Å². The molecule has 0 bridgehead atoms. The van der Waals surface area contributed by atoms with Crippen molar-refractivity contribution in [2.45, 2.75) is 25.9 Å². The van der Waals surface area contributed by atoms with Gasteiger partial charge in [-0.25, -0.2) is 0 Å². The zero-order chi connectivity index (χ0) is 13.7. The Morgan fingerprint density at radius 3 is 2.79 bits per heavy atom. The minimum absolute atomic E-state index is 0.0609. The lowest BCUT2D eigenvalue weighted by Gasteiger charge is -2.24.